The van der Waals surface area contributed by atoms with Crippen molar-refractivity contribution in [3.63, 3.8) is 0 Å². The molecule has 0 saturated carbocycles. The maximum absolute atomic E-state index is 11.8. The Hall–Kier alpha value is -0.980. The molecule has 2 nitrogen and oxygen atoms in total. The number of rotatable bonds is 3. The maximum Gasteiger partial charge on any atom is 0.181 e. The molecule has 0 saturated heterocycles. The van der Waals surface area contributed by atoms with Crippen LogP contribution in [0.15, 0.2) is 29.2 Å². The number of alkyl halides is 1. The quantitative estimate of drug-likeness (QED) is 0.600. The number of halogens is 1. The molecule has 0 aromatic heterocycles. The van der Waals surface area contributed by atoms with Crippen LogP contribution in [0.25, 0.3) is 0 Å². The van der Waals surface area contributed by atoms with E-state index in [1.54, 1.807) is 31.2 Å². The van der Waals surface area contributed by atoms with E-state index in [1.165, 1.54) is 0 Å². The van der Waals surface area contributed by atoms with Crippen molar-refractivity contribution in [2.45, 2.75) is 17.2 Å². The van der Waals surface area contributed by atoms with Crippen LogP contribution in [-0.2, 0) is 9.84 Å². The molecule has 80 valence electrons. The highest BCUT2D eigenvalue weighted by Gasteiger charge is 2.19. The normalized spacial score (nSPS) is 13.1. The summed E-state index contributed by atoms with van der Waals surface area (Å²) in [6, 6.07) is 6.77. The number of hydrogen-bond acceptors (Lipinski definition) is 2. The molecule has 0 N–H and O–H groups in total. The van der Waals surface area contributed by atoms with Crippen molar-refractivity contribution in [1.29, 1.82) is 0 Å². The lowest BCUT2D eigenvalue weighted by Crippen LogP contribution is -2.15. The fourth-order valence-corrected chi connectivity index (χ4v) is 3.24. The fraction of sp³-hybridized carbons (Fsp3) is 0.273. The van der Waals surface area contributed by atoms with Crippen LogP contribution >= 0.6 is 11.6 Å². The van der Waals surface area contributed by atoms with Gasteiger partial charge in [-0.05, 0) is 18.6 Å². The Bertz CT molecular complexity index is 486. The number of hydrogen-bond donors (Lipinski definition) is 0. The van der Waals surface area contributed by atoms with Gasteiger partial charge in [-0.15, -0.1) is 18.0 Å². The van der Waals surface area contributed by atoms with E-state index in [-0.39, 0.29) is 5.75 Å². The van der Waals surface area contributed by atoms with Crippen molar-refractivity contribution in [3.05, 3.63) is 29.8 Å². The van der Waals surface area contributed by atoms with Crippen molar-refractivity contribution < 1.29 is 8.42 Å². The minimum absolute atomic E-state index is 0.226. The van der Waals surface area contributed by atoms with Gasteiger partial charge in [0.05, 0.1) is 10.6 Å². The molecule has 1 rings (SSSR count). The van der Waals surface area contributed by atoms with Crippen LogP contribution in [-0.4, -0.2) is 19.5 Å². The molecule has 0 spiro atoms. The summed E-state index contributed by atoms with van der Waals surface area (Å²) in [7, 11) is -3.38. The van der Waals surface area contributed by atoms with E-state index >= 15 is 0 Å². The fourth-order valence-electron chi connectivity index (χ4n) is 1.24. The summed E-state index contributed by atoms with van der Waals surface area (Å²) < 4.78 is 23.7. The number of sulfone groups is 1. The molecule has 0 radical (unpaired) electrons. The average molecular weight is 243 g/mol. The highest BCUT2D eigenvalue weighted by Crippen LogP contribution is 2.17. The van der Waals surface area contributed by atoms with E-state index in [0.29, 0.717) is 10.5 Å². The van der Waals surface area contributed by atoms with Crippen LogP contribution < -0.4 is 0 Å². The topological polar surface area (TPSA) is 34.1 Å². The first-order valence-electron chi connectivity index (χ1n) is 4.36. The smallest absolute Gasteiger partial charge is 0.181 e. The molecule has 0 aliphatic carbocycles. The van der Waals surface area contributed by atoms with E-state index in [9.17, 15) is 8.42 Å². The van der Waals surface area contributed by atoms with Crippen molar-refractivity contribution in [2.75, 3.05) is 5.75 Å². The molecule has 4 heteroatoms. The van der Waals surface area contributed by atoms with Crippen molar-refractivity contribution in [3.8, 4) is 12.3 Å². The Morgan fingerprint density at radius 2 is 2.07 bits per heavy atom. The summed E-state index contributed by atoms with van der Waals surface area (Å²) >= 11 is 5.64. The Kier molecular flexibility index (Phi) is 3.78. The van der Waals surface area contributed by atoms with E-state index in [0.717, 1.165) is 0 Å². The number of terminal acetylenes is 1. The van der Waals surface area contributed by atoms with Crippen molar-refractivity contribution >= 4 is 21.4 Å². The zero-order valence-corrected chi connectivity index (χ0v) is 9.85. The van der Waals surface area contributed by atoms with Crippen LogP contribution in [0.2, 0.25) is 0 Å². The first-order chi connectivity index (χ1) is 6.97. The Labute approximate surface area is 95.2 Å². The molecule has 0 aliphatic heterocycles. The van der Waals surface area contributed by atoms with E-state index in [1.807, 2.05) is 0 Å². The SMILES string of the molecule is C#CC(Cl)CS(=O)(=O)c1ccccc1C. The van der Waals surface area contributed by atoms with Crippen LogP contribution in [0, 0.1) is 19.3 Å². The molecule has 1 unspecified atom stereocenters. The first-order valence-corrected chi connectivity index (χ1v) is 6.45. The predicted octanol–water partition coefficient (Wildman–Crippen LogP) is 2.01. The molecule has 0 heterocycles. The zero-order chi connectivity index (χ0) is 11.5. The van der Waals surface area contributed by atoms with Crippen molar-refractivity contribution in [1.82, 2.24) is 0 Å². The highest BCUT2D eigenvalue weighted by atomic mass is 35.5. The largest absolute Gasteiger partial charge is 0.224 e. The summed E-state index contributed by atoms with van der Waals surface area (Å²) in [6.07, 6.45) is 5.05. The Morgan fingerprint density at radius 3 is 2.60 bits per heavy atom. The van der Waals surface area contributed by atoms with E-state index in [2.05, 4.69) is 5.92 Å². The molecule has 1 aromatic rings. The van der Waals surface area contributed by atoms with Gasteiger partial charge in [-0.2, -0.15) is 0 Å². The molecule has 0 amide bonds. The minimum atomic E-state index is -3.38. The van der Waals surface area contributed by atoms with Crippen LogP contribution in [0.4, 0.5) is 0 Å². The third-order valence-corrected chi connectivity index (χ3v) is 4.34. The maximum atomic E-state index is 11.8. The molecule has 0 bridgehead atoms. The standard InChI is InChI=1S/C11H11ClO2S/c1-3-10(12)8-15(13,14)11-7-5-4-6-9(11)2/h1,4-7,10H,8H2,2H3. The molecule has 1 atom stereocenters. The minimum Gasteiger partial charge on any atom is -0.224 e. The van der Waals surface area contributed by atoms with Gasteiger partial charge in [0, 0.05) is 0 Å². The summed E-state index contributed by atoms with van der Waals surface area (Å²) in [5, 5.41) is -0.783. The predicted molar refractivity (Wildman–Crippen MR) is 61.7 cm³/mol. The van der Waals surface area contributed by atoms with Gasteiger partial charge >= 0.3 is 0 Å². The molecule has 15 heavy (non-hydrogen) atoms. The summed E-state index contributed by atoms with van der Waals surface area (Å²) in [6.45, 7) is 1.74. The Balaban J connectivity index is 3.09. The summed E-state index contributed by atoms with van der Waals surface area (Å²) in [5.74, 6) is 1.97. The average Bonchev–Trinajstić information content (AvgIpc) is 2.17. The van der Waals surface area contributed by atoms with Gasteiger partial charge < -0.3 is 0 Å². The third kappa shape index (κ3) is 2.98. The first kappa shape index (κ1) is 12.1. The van der Waals surface area contributed by atoms with Crippen molar-refractivity contribution in [2.24, 2.45) is 0 Å². The van der Waals surface area contributed by atoms with Crippen LogP contribution in [0.1, 0.15) is 5.56 Å². The number of aryl methyl sites for hydroxylation is 1. The summed E-state index contributed by atoms with van der Waals surface area (Å²) in [4.78, 5) is 0.297. The lowest BCUT2D eigenvalue weighted by molar-refractivity contribution is 0.595. The monoisotopic (exact) mass is 242 g/mol. The van der Waals surface area contributed by atoms with Gasteiger partial charge in [0.2, 0.25) is 0 Å². The molecular weight excluding hydrogens is 232 g/mol. The molecule has 0 fully saturated rings. The highest BCUT2D eigenvalue weighted by molar-refractivity contribution is 7.91. The lowest BCUT2D eigenvalue weighted by atomic mass is 10.2. The van der Waals surface area contributed by atoms with Gasteiger partial charge in [-0.25, -0.2) is 8.42 Å². The second-order valence-corrected chi connectivity index (χ2v) is 5.71. The molecular formula is C11H11ClO2S. The van der Waals surface area contributed by atoms with Gasteiger partial charge in [0.25, 0.3) is 0 Å². The molecule has 1 aromatic carbocycles. The van der Waals surface area contributed by atoms with Gasteiger partial charge in [0.1, 0.15) is 5.38 Å². The van der Waals surface area contributed by atoms with Crippen LogP contribution in [0.5, 0.6) is 0 Å². The van der Waals surface area contributed by atoms with Gasteiger partial charge in [0.15, 0.2) is 9.84 Å². The zero-order valence-electron chi connectivity index (χ0n) is 8.27. The van der Waals surface area contributed by atoms with Gasteiger partial charge in [-0.3, -0.25) is 0 Å². The van der Waals surface area contributed by atoms with E-state index < -0.39 is 15.2 Å². The van der Waals surface area contributed by atoms with Crippen LogP contribution in [0.3, 0.4) is 0 Å². The van der Waals surface area contributed by atoms with Gasteiger partial charge in [-0.1, -0.05) is 24.1 Å². The number of benzene rings is 1. The second kappa shape index (κ2) is 4.69. The lowest BCUT2D eigenvalue weighted by Gasteiger charge is -2.07. The third-order valence-electron chi connectivity index (χ3n) is 1.98. The van der Waals surface area contributed by atoms with E-state index in [4.69, 9.17) is 18.0 Å². The second-order valence-electron chi connectivity index (χ2n) is 3.18. The molecule has 0 aliphatic rings. The Morgan fingerprint density at radius 1 is 1.47 bits per heavy atom. The summed E-state index contributed by atoms with van der Waals surface area (Å²) in [5.41, 5.74) is 0.707.